The zero-order valence-electron chi connectivity index (χ0n) is 59.8. The van der Waals surface area contributed by atoms with E-state index in [0.29, 0.717) is 17.4 Å². The summed E-state index contributed by atoms with van der Waals surface area (Å²) in [6.07, 6.45) is 96.9. The highest BCUT2D eigenvalue weighted by molar-refractivity contribution is 7.45. The Labute approximate surface area is 558 Å². The zero-order chi connectivity index (χ0) is 65.5. The monoisotopic (exact) mass is 1280 g/mol. The third-order valence-electron chi connectivity index (χ3n) is 16.9. The highest BCUT2D eigenvalue weighted by Gasteiger charge is 2.22. The van der Waals surface area contributed by atoms with Crippen LogP contribution in [-0.4, -0.2) is 70.0 Å². The van der Waals surface area contributed by atoms with E-state index in [1.807, 2.05) is 21.1 Å². The maximum atomic E-state index is 12.9. The van der Waals surface area contributed by atoms with E-state index in [1.54, 1.807) is 0 Å². The molecule has 0 aromatic rings. The van der Waals surface area contributed by atoms with Crippen LogP contribution >= 0.6 is 7.82 Å². The number of nitrogens with zero attached hydrogens (tertiary/aromatic N) is 1. The third-order valence-corrected chi connectivity index (χ3v) is 17.9. The van der Waals surface area contributed by atoms with Crippen LogP contribution in [0.15, 0.2) is 85.1 Å². The molecule has 0 N–H and O–H groups in total. The van der Waals surface area contributed by atoms with Crippen LogP contribution in [0.4, 0.5) is 0 Å². The van der Waals surface area contributed by atoms with Crippen LogP contribution in [0.3, 0.4) is 0 Å². The molecule has 0 saturated heterocycles. The highest BCUT2D eigenvalue weighted by Crippen LogP contribution is 2.38. The van der Waals surface area contributed by atoms with Crippen molar-refractivity contribution in [2.24, 2.45) is 0 Å². The molecule has 0 rings (SSSR count). The van der Waals surface area contributed by atoms with Gasteiger partial charge in [0.2, 0.25) is 0 Å². The predicted molar refractivity (Wildman–Crippen MR) is 388 cm³/mol. The summed E-state index contributed by atoms with van der Waals surface area (Å²) in [6, 6.07) is 0. The van der Waals surface area contributed by atoms with Crippen molar-refractivity contribution in [2.75, 3.05) is 47.5 Å². The Bertz CT molecular complexity index is 1800. The van der Waals surface area contributed by atoms with E-state index < -0.39 is 26.5 Å². The fourth-order valence-electron chi connectivity index (χ4n) is 11.1. The van der Waals surface area contributed by atoms with Crippen LogP contribution in [0.2, 0.25) is 0 Å². The van der Waals surface area contributed by atoms with E-state index in [1.165, 1.54) is 250 Å². The van der Waals surface area contributed by atoms with Crippen LogP contribution in [0.5, 0.6) is 0 Å². The number of esters is 2. The van der Waals surface area contributed by atoms with Crippen molar-refractivity contribution < 1.29 is 42.1 Å². The van der Waals surface area contributed by atoms with E-state index >= 15 is 0 Å². The van der Waals surface area contributed by atoms with Gasteiger partial charge < -0.3 is 27.9 Å². The van der Waals surface area contributed by atoms with Gasteiger partial charge in [-0.25, -0.2) is 0 Å². The van der Waals surface area contributed by atoms with Gasteiger partial charge in [-0.2, -0.15) is 0 Å². The minimum Gasteiger partial charge on any atom is -0.756 e. The van der Waals surface area contributed by atoms with E-state index in [4.69, 9.17) is 18.5 Å². The molecule has 0 aliphatic rings. The molecule has 0 amide bonds. The van der Waals surface area contributed by atoms with E-state index in [0.717, 1.165) is 77.0 Å². The largest absolute Gasteiger partial charge is 0.756 e. The average molecular weight is 1280 g/mol. The molecule has 0 saturated carbocycles. The molecule has 2 unspecified atom stereocenters. The molecule has 0 aromatic heterocycles. The van der Waals surface area contributed by atoms with E-state index in [9.17, 15) is 19.0 Å². The second-order valence-electron chi connectivity index (χ2n) is 27.0. The minimum absolute atomic E-state index is 0.0305. The fourth-order valence-corrected chi connectivity index (χ4v) is 11.8. The summed E-state index contributed by atoms with van der Waals surface area (Å²) in [5.74, 6) is -0.816. The number of phosphoric acid groups is 1. The van der Waals surface area contributed by atoms with Gasteiger partial charge in [-0.3, -0.25) is 14.2 Å². The van der Waals surface area contributed by atoms with Gasteiger partial charge in [0, 0.05) is 12.8 Å². The number of quaternary nitrogens is 1. The summed E-state index contributed by atoms with van der Waals surface area (Å²) in [5.41, 5.74) is 0. The number of carbonyl (C=O) groups excluding carboxylic acids is 2. The second kappa shape index (κ2) is 70.5. The van der Waals surface area contributed by atoms with Gasteiger partial charge in [0.25, 0.3) is 7.82 Å². The molecule has 9 nitrogen and oxygen atoms in total. The molecule has 524 valence electrons. The number of ether oxygens (including phenoxy) is 2. The number of hydrogen-bond donors (Lipinski definition) is 0. The zero-order valence-corrected chi connectivity index (χ0v) is 60.7. The first-order valence-corrected chi connectivity index (χ1v) is 39.8. The average Bonchev–Trinajstić information content (AvgIpc) is 3.58. The first kappa shape index (κ1) is 87.2. The first-order chi connectivity index (χ1) is 44.0. The molecule has 0 bridgehead atoms. The number of allylic oxidation sites excluding steroid dienone is 14. The van der Waals surface area contributed by atoms with Crippen molar-refractivity contribution in [3.8, 4) is 0 Å². The lowest BCUT2D eigenvalue weighted by Gasteiger charge is -2.28. The van der Waals surface area contributed by atoms with Crippen LogP contribution in [0.25, 0.3) is 0 Å². The number of rotatable bonds is 71. The molecule has 0 aliphatic heterocycles. The summed E-state index contributed by atoms with van der Waals surface area (Å²) in [5, 5.41) is 0. The van der Waals surface area contributed by atoms with Crippen LogP contribution < -0.4 is 4.89 Å². The standard InChI is InChI=1S/C80H146NO8P/c1-6-8-10-12-14-16-18-20-22-24-26-28-30-32-34-36-38-40-42-44-46-48-50-52-54-56-58-60-62-64-66-68-70-72-79(82)86-76-78(77-88-90(84,85)87-75-74-81(3,4)5)89-80(83)73-71-69-67-65-63-61-59-57-55-53-51-49-47-45-43-41-39-37-35-33-31-29-27-25-23-21-19-17-15-13-11-9-7-2/h9,11,15,17-18,20-21,23-24,26-27,29-30,32,78H,6-8,10,12-14,16,19,22,25,28,31,33-77H2,1-5H3/b11-9-,17-15-,20-18-,23-21-,26-24-,29-27-,32-30-. The molecule has 10 heteroatoms. The summed E-state index contributed by atoms with van der Waals surface area (Å²) in [6.45, 7) is 4.17. The predicted octanol–water partition coefficient (Wildman–Crippen LogP) is 24.6. The van der Waals surface area contributed by atoms with Gasteiger partial charge in [0.1, 0.15) is 19.8 Å². The molecule has 0 spiro atoms. The normalized spacial score (nSPS) is 13.5. The third kappa shape index (κ3) is 74.2. The number of phosphoric ester groups is 1. The molecule has 0 radical (unpaired) electrons. The Hall–Kier alpha value is -2.81. The SMILES string of the molecule is CC/C=C\C/C=C\C/C=C\C/C=C\CCCCCCCCCCCCCCCCCCCCCCC(=O)OC(COC(=O)CCCCCCCCCCCCCCCCCCCC/C=C\C/C=C\C/C=C\CCCCCCC)COP(=O)([O-])OCC[N+](C)(C)C. The van der Waals surface area contributed by atoms with Crippen molar-refractivity contribution in [2.45, 2.75) is 367 Å². The molecule has 0 aliphatic carbocycles. The summed E-state index contributed by atoms with van der Waals surface area (Å²) < 4.78 is 34.4. The van der Waals surface area contributed by atoms with Gasteiger partial charge in [-0.05, 0) is 89.9 Å². The van der Waals surface area contributed by atoms with E-state index in [-0.39, 0.29) is 32.0 Å². The van der Waals surface area contributed by atoms with Crippen LogP contribution in [-0.2, 0) is 32.7 Å². The van der Waals surface area contributed by atoms with Gasteiger partial charge in [0.05, 0.1) is 27.7 Å². The van der Waals surface area contributed by atoms with Crippen molar-refractivity contribution in [3.05, 3.63) is 85.1 Å². The molecular formula is C80H146NO8P. The highest BCUT2D eigenvalue weighted by atomic mass is 31.2. The summed E-state index contributed by atoms with van der Waals surface area (Å²) >= 11 is 0. The smallest absolute Gasteiger partial charge is 0.306 e. The van der Waals surface area contributed by atoms with Crippen molar-refractivity contribution in [3.63, 3.8) is 0 Å². The van der Waals surface area contributed by atoms with Gasteiger partial charge >= 0.3 is 11.9 Å². The lowest BCUT2D eigenvalue weighted by molar-refractivity contribution is -0.870. The molecule has 2 atom stereocenters. The molecule has 0 aromatic carbocycles. The van der Waals surface area contributed by atoms with Gasteiger partial charge in [0.15, 0.2) is 6.10 Å². The van der Waals surface area contributed by atoms with Gasteiger partial charge in [-0.1, -0.05) is 343 Å². The Kier molecular flexibility index (Phi) is 68.3. The Morgan fingerprint density at radius 3 is 0.944 bits per heavy atom. The van der Waals surface area contributed by atoms with Crippen molar-refractivity contribution in [1.82, 2.24) is 0 Å². The summed E-state index contributed by atoms with van der Waals surface area (Å²) in [4.78, 5) is 38.2. The number of unbranched alkanes of at least 4 members (excludes halogenated alkanes) is 43. The topological polar surface area (TPSA) is 111 Å². The quantitative estimate of drug-likeness (QED) is 0.0195. The van der Waals surface area contributed by atoms with Crippen LogP contribution in [0, 0.1) is 0 Å². The molecule has 0 fully saturated rings. The fraction of sp³-hybridized carbons (Fsp3) is 0.800. The van der Waals surface area contributed by atoms with Crippen molar-refractivity contribution in [1.29, 1.82) is 0 Å². The molecule has 90 heavy (non-hydrogen) atoms. The Morgan fingerprint density at radius 1 is 0.356 bits per heavy atom. The lowest BCUT2D eigenvalue weighted by atomic mass is 10.0. The van der Waals surface area contributed by atoms with Crippen LogP contribution in [0.1, 0.15) is 361 Å². The Balaban J connectivity index is 3.96. The van der Waals surface area contributed by atoms with E-state index in [2.05, 4.69) is 98.9 Å². The van der Waals surface area contributed by atoms with Gasteiger partial charge in [-0.15, -0.1) is 0 Å². The minimum atomic E-state index is -4.65. The lowest BCUT2D eigenvalue weighted by Crippen LogP contribution is -2.37. The summed E-state index contributed by atoms with van der Waals surface area (Å²) in [7, 11) is 1.18. The number of likely N-dealkylation sites (N-methyl/N-ethyl adjacent to an activating group) is 1. The molecule has 0 heterocycles. The number of hydrogen-bond acceptors (Lipinski definition) is 8. The molecular weight excluding hydrogens is 1130 g/mol. The first-order valence-electron chi connectivity index (χ1n) is 38.3. The maximum Gasteiger partial charge on any atom is 0.306 e. The Morgan fingerprint density at radius 2 is 0.633 bits per heavy atom. The van der Waals surface area contributed by atoms with Crippen molar-refractivity contribution >= 4 is 19.8 Å². The second-order valence-corrected chi connectivity index (χ2v) is 28.4. The maximum absolute atomic E-state index is 12.9. The number of carbonyl (C=O) groups is 2.